The SMILES string of the molecule is COc1cccc(CNS(=O)(=O)c2cnn(Cc3ccccc3)c2)c1. The van der Waals surface area contributed by atoms with E-state index in [9.17, 15) is 8.42 Å². The smallest absolute Gasteiger partial charge is 0.243 e. The molecule has 7 heteroatoms. The van der Waals surface area contributed by atoms with E-state index in [1.54, 1.807) is 17.9 Å². The normalized spacial score (nSPS) is 11.4. The summed E-state index contributed by atoms with van der Waals surface area (Å²) in [6, 6.07) is 17.0. The van der Waals surface area contributed by atoms with Crippen LogP contribution in [0.2, 0.25) is 0 Å². The number of nitrogens with zero attached hydrogens (tertiary/aromatic N) is 2. The first-order valence-electron chi connectivity index (χ1n) is 7.76. The predicted molar refractivity (Wildman–Crippen MR) is 94.8 cm³/mol. The highest BCUT2D eigenvalue weighted by molar-refractivity contribution is 7.89. The topological polar surface area (TPSA) is 73.2 Å². The zero-order chi connectivity index (χ0) is 17.7. The highest BCUT2D eigenvalue weighted by Crippen LogP contribution is 2.14. The average Bonchev–Trinajstić information content (AvgIpc) is 3.11. The number of hydrogen-bond acceptors (Lipinski definition) is 4. The van der Waals surface area contributed by atoms with E-state index in [2.05, 4.69) is 9.82 Å². The van der Waals surface area contributed by atoms with Crippen molar-refractivity contribution in [3.8, 4) is 5.75 Å². The minimum Gasteiger partial charge on any atom is -0.497 e. The molecule has 3 aromatic rings. The molecule has 0 amide bonds. The lowest BCUT2D eigenvalue weighted by Crippen LogP contribution is -2.22. The van der Waals surface area contributed by atoms with E-state index in [0.717, 1.165) is 11.1 Å². The van der Waals surface area contributed by atoms with Gasteiger partial charge in [-0.2, -0.15) is 5.10 Å². The Kier molecular flexibility index (Phi) is 5.16. The van der Waals surface area contributed by atoms with E-state index < -0.39 is 10.0 Å². The van der Waals surface area contributed by atoms with Gasteiger partial charge in [0, 0.05) is 12.7 Å². The van der Waals surface area contributed by atoms with Gasteiger partial charge in [0.1, 0.15) is 10.6 Å². The molecule has 6 nitrogen and oxygen atoms in total. The van der Waals surface area contributed by atoms with Gasteiger partial charge >= 0.3 is 0 Å². The van der Waals surface area contributed by atoms with Crippen LogP contribution in [0.1, 0.15) is 11.1 Å². The summed E-state index contributed by atoms with van der Waals surface area (Å²) in [6.07, 6.45) is 2.89. The average molecular weight is 357 g/mol. The van der Waals surface area contributed by atoms with Gasteiger partial charge in [0.25, 0.3) is 0 Å². The summed E-state index contributed by atoms with van der Waals surface area (Å²) < 4.78 is 34.2. The number of ether oxygens (including phenoxy) is 1. The molecule has 1 aromatic heterocycles. The minimum atomic E-state index is -3.62. The van der Waals surface area contributed by atoms with Gasteiger partial charge in [-0.05, 0) is 23.3 Å². The standard InChI is InChI=1S/C18H19N3O3S/c1-24-17-9-5-8-16(10-17)11-20-25(22,23)18-12-19-21(14-18)13-15-6-3-2-4-7-15/h2-10,12,14,20H,11,13H2,1H3. The molecule has 3 rings (SSSR count). The van der Waals surface area contributed by atoms with Gasteiger partial charge in [0.05, 0.1) is 19.9 Å². The molecule has 2 aromatic carbocycles. The number of benzene rings is 2. The zero-order valence-corrected chi connectivity index (χ0v) is 14.6. The summed E-state index contributed by atoms with van der Waals surface area (Å²) in [5.74, 6) is 0.687. The van der Waals surface area contributed by atoms with Gasteiger partial charge in [-0.1, -0.05) is 42.5 Å². The number of methoxy groups -OCH3 is 1. The fourth-order valence-electron chi connectivity index (χ4n) is 2.38. The molecule has 0 saturated carbocycles. The minimum absolute atomic E-state index is 0.145. The quantitative estimate of drug-likeness (QED) is 0.705. The molecule has 0 aliphatic carbocycles. The summed E-state index contributed by atoms with van der Waals surface area (Å²) in [6.45, 7) is 0.704. The van der Waals surface area contributed by atoms with Gasteiger partial charge in [0.15, 0.2) is 0 Å². The molecule has 0 fully saturated rings. The molecule has 0 aliphatic rings. The molecule has 1 N–H and O–H groups in total. The number of hydrogen-bond donors (Lipinski definition) is 1. The lowest BCUT2D eigenvalue weighted by atomic mass is 10.2. The van der Waals surface area contributed by atoms with Crippen molar-refractivity contribution in [2.24, 2.45) is 0 Å². The number of rotatable bonds is 7. The maximum absolute atomic E-state index is 12.4. The highest BCUT2D eigenvalue weighted by atomic mass is 32.2. The summed E-state index contributed by atoms with van der Waals surface area (Å²) in [5.41, 5.74) is 1.87. The van der Waals surface area contributed by atoms with Crippen LogP contribution >= 0.6 is 0 Å². The first-order chi connectivity index (χ1) is 12.1. The third kappa shape index (κ3) is 4.46. The molecule has 0 bridgehead atoms. The molecule has 130 valence electrons. The monoisotopic (exact) mass is 357 g/mol. The number of nitrogens with one attached hydrogen (secondary N) is 1. The van der Waals surface area contributed by atoms with Crippen LogP contribution in [0.15, 0.2) is 71.9 Å². The fourth-order valence-corrected chi connectivity index (χ4v) is 3.35. The van der Waals surface area contributed by atoms with Gasteiger partial charge < -0.3 is 4.74 Å². The Morgan fingerprint density at radius 1 is 1.08 bits per heavy atom. The predicted octanol–water partition coefficient (Wildman–Crippen LogP) is 2.42. The first kappa shape index (κ1) is 17.2. The second kappa shape index (κ2) is 7.50. The van der Waals surface area contributed by atoms with Crippen molar-refractivity contribution in [2.75, 3.05) is 7.11 Å². The Hall–Kier alpha value is -2.64. The lowest BCUT2D eigenvalue weighted by Gasteiger charge is -2.06. The summed E-state index contributed by atoms with van der Waals surface area (Å²) >= 11 is 0. The maximum atomic E-state index is 12.4. The van der Waals surface area contributed by atoms with E-state index >= 15 is 0 Å². The van der Waals surface area contributed by atoms with Gasteiger partial charge in [-0.25, -0.2) is 13.1 Å². The van der Waals surface area contributed by atoms with Crippen LogP contribution in [0.3, 0.4) is 0 Å². The van der Waals surface area contributed by atoms with E-state index in [4.69, 9.17) is 4.74 Å². The molecular weight excluding hydrogens is 338 g/mol. The Balaban J connectivity index is 1.68. The zero-order valence-electron chi connectivity index (χ0n) is 13.8. The summed E-state index contributed by atoms with van der Waals surface area (Å²) in [7, 11) is -2.05. The van der Waals surface area contributed by atoms with Crippen molar-refractivity contribution in [1.82, 2.24) is 14.5 Å². The molecule has 1 heterocycles. The van der Waals surface area contributed by atoms with Crippen molar-refractivity contribution >= 4 is 10.0 Å². The van der Waals surface area contributed by atoms with Crippen LogP contribution < -0.4 is 9.46 Å². The van der Waals surface area contributed by atoms with Crippen LogP contribution in [-0.4, -0.2) is 25.3 Å². The van der Waals surface area contributed by atoms with Crippen molar-refractivity contribution in [1.29, 1.82) is 0 Å². The third-order valence-corrected chi connectivity index (χ3v) is 5.06. The van der Waals surface area contributed by atoms with Gasteiger partial charge in [-0.15, -0.1) is 0 Å². The molecule has 0 radical (unpaired) electrons. The Bertz CT molecular complexity index is 937. The van der Waals surface area contributed by atoms with Crippen LogP contribution in [0.25, 0.3) is 0 Å². The number of aromatic nitrogens is 2. The largest absolute Gasteiger partial charge is 0.497 e. The fraction of sp³-hybridized carbons (Fsp3) is 0.167. The molecule has 25 heavy (non-hydrogen) atoms. The van der Waals surface area contributed by atoms with Gasteiger partial charge in [0.2, 0.25) is 10.0 Å². The second-order valence-corrected chi connectivity index (χ2v) is 7.30. The first-order valence-corrected chi connectivity index (χ1v) is 9.24. The van der Waals surface area contributed by atoms with E-state index in [1.165, 1.54) is 12.4 Å². The Morgan fingerprint density at radius 3 is 2.60 bits per heavy atom. The van der Waals surface area contributed by atoms with Crippen molar-refractivity contribution < 1.29 is 13.2 Å². The summed E-state index contributed by atoms with van der Waals surface area (Å²) in [4.78, 5) is 0.145. The molecule has 0 saturated heterocycles. The Labute approximate surface area is 147 Å². The van der Waals surface area contributed by atoms with E-state index in [-0.39, 0.29) is 11.4 Å². The summed E-state index contributed by atoms with van der Waals surface area (Å²) in [5, 5.41) is 4.14. The molecular formula is C18H19N3O3S. The molecule has 0 spiro atoms. The third-order valence-electron chi connectivity index (χ3n) is 3.71. The highest BCUT2D eigenvalue weighted by Gasteiger charge is 2.16. The van der Waals surface area contributed by atoms with Crippen LogP contribution in [0.5, 0.6) is 5.75 Å². The van der Waals surface area contributed by atoms with E-state index in [0.29, 0.717) is 12.3 Å². The van der Waals surface area contributed by atoms with Crippen molar-refractivity contribution in [2.45, 2.75) is 18.0 Å². The number of sulfonamides is 1. The maximum Gasteiger partial charge on any atom is 0.243 e. The van der Waals surface area contributed by atoms with Crippen molar-refractivity contribution in [3.63, 3.8) is 0 Å². The van der Waals surface area contributed by atoms with Crippen LogP contribution in [0, 0.1) is 0 Å². The molecule has 0 unspecified atom stereocenters. The lowest BCUT2D eigenvalue weighted by molar-refractivity contribution is 0.414. The molecule has 0 atom stereocenters. The van der Waals surface area contributed by atoms with Crippen molar-refractivity contribution in [3.05, 3.63) is 78.1 Å². The van der Waals surface area contributed by atoms with E-state index in [1.807, 2.05) is 48.5 Å². The van der Waals surface area contributed by atoms with Gasteiger partial charge in [-0.3, -0.25) is 4.68 Å². The van der Waals surface area contributed by atoms with Crippen LogP contribution in [0.4, 0.5) is 0 Å². The Morgan fingerprint density at radius 2 is 1.84 bits per heavy atom. The van der Waals surface area contributed by atoms with Crippen LogP contribution in [-0.2, 0) is 23.1 Å². The second-order valence-electron chi connectivity index (χ2n) is 5.54. The molecule has 0 aliphatic heterocycles.